The number of anilines is 1. The number of carbonyl (C=O) groups is 2. The Labute approximate surface area is 234 Å². The second-order valence-electron chi connectivity index (χ2n) is 9.59. The maximum absolute atomic E-state index is 13.9. The van der Waals surface area contributed by atoms with Crippen molar-refractivity contribution in [3.05, 3.63) is 131 Å². The van der Waals surface area contributed by atoms with Crippen molar-refractivity contribution < 1.29 is 23.1 Å². The monoisotopic (exact) mass is 557 g/mol. The molecule has 0 aliphatic carbocycles. The molecule has 0 spiro atoms. The molecule has 9 heteroatoms. The molecule has 0 fully saturated rings. The third kappa shape index (κ3) is 6.28. The summed E-state index contributed by atoms with van der Waals surface area (Å²) >= 11 is 0. The van der Waals surface area contributed by atoms with E-state index in [0.29, 0.717) is 11.1 Å². The fourth-order valence-corrected chi connectivity index (χ4v) is 5.06. The van der Waals surface area contributed by atoms with Gasteiger partial charge < -0.3 is 5.11 Å². The average molecular weight is 558 g/mol. The number of nitrogens with one attached hydrogen (secondary N) is 2. The number of aliphatic hydroxyl groups is 1. The zero-order valence-corrected chi connectivity index (χ0v) is 23.3. The number of carbonyl (C=O) groups excluding carboxylic acids is 2. The number of aryl methyl sites for hydroxylation is 3. The molecule has 0 unspecified atom stereocenters. The van der Waals surface area contributed by atoms with Gasteiger partial charge in [0.25, 0.3) is 11.8 Å². The number of rotatable bonds is 8. The molecule has 8 nitrogen and oxygen atoms in total. The fourth-order valence-electron chi connectivity index (χ4n) is 4.09. The van der Waals surface area contributed by atoms with Gasteiger partial charge in [0.15, 0.2) is 5.60 Å². The maximum Gasteiger partial charge on any atom is 0.280 e. The van der Waals surface area contributed by atoms with Gasteiger partial charge in [-0.25, -0.2) is 18.1 Å². The summed E-state index contributed by atoms with van der Waals surface area (Å²) in [7, 11) is -4.00. The van der Waals surface area contributed by atoms with E-state index in [1.807, 2.05) is 20.8 Å². The lowest BCUT2D eigenvalue weighted by atomic mass is 9.85. The van der Waals surface area contributed by atoms with E-state index in [1.165, 1.54) is 12.1 Å². The average Bonchev–Trinajstić information content (AvgIpc) is 2.95. The van der Waals surface area contributed by atoms with Crippen LogP contribution in [0.2, 0.25) is 0 Å². The summed E-state index contributed by atoms with van der Waals surface area (Å²) < 4.78 is 27.9. The summed E-state index contributed by atoms with van der Waals surface area (Å²) in [5, 5.41) is 12.9. The Bertz CT molecular complexity index is 1540. The summed E-state index contributed by atoms with van der Waals surface area (Å²) in [4.78, 5) is 27.3. The lowest BCUT2D eigenvalue weighted by Crippen LogP contribution is -2.56. The van der Waals surface area contributed by atoms with Crippen LogP contribution in [0, 0.1) is 20.8 Å². The van der Waals surface area contributed by atoms with Crippen molar-refractivity contribution in [3.8, 4) is 0 Å². The maximum atomic E-state index is 13.9. The van der Waals surface area contributed by atoms with Crippen molar-refractivity contribution in [2.75, 3.05) is 11.6 Å². The minimum atomic E-state index is -4.00. The zero-order valence-electron chi connectivity index (χ0n) is 22.5. The van der Waals surface area contributed by atoms with Gasteiger partial charge >= 0.3 is 0 Å². The van der Waals surface area contributed by atoms with Gasteiger partial charge in [-0.05, 0) is 56.2 Å². The fraction of sp³-hybridized carbons (Fsp3) is 0.161. The van der Waals surface area contributed by atoms with E-state index in [-0.39, 0.29) is 10.6 Å². The quantitative estimate of drug-likeness (QED) is 0.284. The Morgan fingerprint density at radius 3 is 1.65 bits per heavy atom. The van der Waals surface area contributed by atoms with Gasteiger partial charge in [-0.2, -0.15) is 0 Å². The lowest BCUT2D eigenvalue weighted by Gasteiger charge is -2.32. The largest absolute Gasteiger partial charge is 0.372 e. The number of hydrogen-bond donors (Lipinski definition) is 3. The summed E-state index contributed by atoms with van der Waals surface area (Å²) in [5.74, 6) is -1.65. The number of para-hydroxylation sites is 1. The van der Waals surface area contributed by atoms with Gasteiger partial charge in [0.05, 0.1) is 17.1 Å². The number of hydrogen-bond acceptors (Lipinski definition) is 5. The highest BCUT2D eigenvalue weighted by molar-refractivity contribution is 7.89. The van der Waals surface area contributed by atoms with Crippen molar-refractivity contribution >= 4 is 27.5 Å². The van der Waals surface area contributed by atoms with Gasteiger partial charge in [0.2, 0.25) is 10.0 Å². The number of sulfonamides is 1. The van der Waals surface area contributed by atoms with Gasteiger partial charge in [0, 0.05) is 0 Å². The molecule has 3 N–H and O–H groups in total. The smallest absolute Gasteiger partial charge is 0.280 e. The molecule has 0 atom stereocenters. The predicted octanol–water partition coefficient (Wildman–Crippen LogP) is 3.89. The molecule has 206 valence electrons. The number of amides is 2. The van der Waals surface area contributed by atoms with E-state index in [9.17, 15) is 23.1 Å². The van der Waals surface area contributed by atoms with E-state index < -0.39 is 34.0 Å². The van der Waals surface area contributed by atoms with E-state index >= 15 is 0 Å². The van der Waals surface area contributed by atoms with Crippen LogP contribution in [0.25, 0.3) is 0 Å². The molecule has 4 rings (SSSR count). The van der Waals surface area contributed by atoms with E-state index in [4.69, 9.17) is 0 Å². The molecule has 0 aliphatic heterocycles. The van der Waals surface area contributed by atoms with Crippen LogP contribution in [0.1, 0.15) is 27.8 Å². The lowest BCUT2D eigenvalue weighted by molar-refractivity contribution is -0.138. The standard InChI is InChI=1S/C31H31N3O5S/c1-22-9-15-25(16-10-22)31(37,26-17-11-23(2)12-18-26)30(36)33-34(27-7-5-4-6-8-27)29(35)21-32-40(38,39)28-19-13-24(3)14-20-28/h4-20,32,37H,21H2,1-3H3,(H,33,36). The van der Waals surface area contributed by atoms with Crippen molar-refractivity contribution in [1.29, 1.82) is 0 Å². The molecule has 4 aromatic carbocycles. The second-order valence-corrected chi connectivity index (χ2v) is 11.4. The molecule has 0 bridgehead atoms. The highest BCUT2D eigenvalue weighted by atomic mass is 32.2. The van der Waals surface area contributed by atoms with Crippen molar-refractivity contribution in [3.63, 3.8) is 0 Å². The van der Waals surface area contributed by atoms with Crippen molar-refractivity contribution in [1.82, 2.24) is 10.1 Å². The van der Waals surface area contributed by atoms with Crippen molar-refractivity contribution in [2.45, 2.75) is 31.3 Å². The molecule has 0 aromatic heterocycles. The SMILES string of the molecule is Cc1ccc(C(O)(C(=O)NN(C(=O)CNS(=O)(=O)c2ccc(C)cc2)c2ccccc2)c2ccc(C)cc2)cc1. The van der Waals surface area contributed by atoms with E-state index in [1.54, 1.807) is 91.0 Å². The topological polar surface area (TPSA) is 116 Å². The van der Waals surface area contributed by atoms with Crippen LogP contribution in [0.15, 0.2) is 108 Å². The summed E-state index contributed by atoms with van der Waals surface area (Å²) in [5.41, 5.74) is 4.06. The van der Waals surface area contributed by atoms with Crippen LogP contribution in [0.5, 0.6) is 0 Å². The summed E-state index contributed by atoms with van der Waals surface area (Å²) in [6.45, 7) is 4.98. The van der Waals surface area contributed by atoms with Gasteiger partial charge in [-0.15, -0.1) is 0 Å². The molecule has 0 heterocycles. The highest BCUT2D eigenvalue weighted by Gasteiger charge is 2.41. The first kappa shape index (κ1) is 28.7. The Morgan fingerprint density at radius 2 is 1.18 bits per heavy atom. The van der Waals surface area contributed by atoms with Crippen LogP contribution < -0.4 is 15.2 Å². The first-order chi connectivity index (χ1) is 19.0. The first-order valence-electron chi connectivity index (χ1n) is 12.6. The van der Waals surface area contributed by atoms with Crippen LogP contribution in [0.4, 0.5) is 5.69 Å². The Morgan fingerprint density at radius 1 is 0.725 bits per heavy atom. The molecular weight excluding hydrogens is 526 g/mol. The highest BCUT2D eigenvalue weighted by Crippen LogP contribution is 2.31. The van der Waals surface area contributed by atoms with Crippen LogP contribution in [0.3, 0.4) is 0 Å². The third-order valence-electron chi connectivity index (χ3n) is 6.49. The Hall–Kier alpha value is -4.31. The Kier molecular flexibility index (Phi) is 8.49. The first-order valence-corrected chi connectivity index (χ1v) is 14.1. The summed E-state index contributed by atoms with van der Waals surface area (Å²) in [6, 6.07) is 28.2. The van der Waals surface area contributed by atoms with Crippen LogP contribution in [-0.4, -0.2) is 31.9 Å². The van der Waals surface area contributed by atoms with Gasteiger partial charge in [0.1, 0.15) is 0 Å². The molecule has 4 aromatic rings. The number of benzene rings is 4. The summed E-state index contributed by atoms with van der Waals surface area (Å²) in [6.07, 6.45) is 0. The molecule has 0 saturated heterocycles. The molecule has 40 heavy (non-hydrogen) atoms. The van der Waals surface area contributed by atoms with Crippen LogP contribution >= 0.6 is 0 Å². The number of hydrazine groups is 1. The predicted molar refractivity (Wildman–Crippen MR) is 154 cm³/mol. The van der Waals surface area contributed by atoms with Crippen LogP contribution in [-0.2, 0) is 25.2 Å². The second kappa shape index (κ2) is 11.8. The normalized spacial score (nSPS) is 11.6. The minimum Gasteiger partial charge on any atom is -0.372 e. The van der Waals surface area contributed by atoms with Gasteiger partial charge in [-0.1, -0.05) is 95.6 Å². The minimum absolute atomic E-state index is 0.00862. The van der Waals surface area contributed by atoms with Gasteiger partial charge in [-0.3, -0.25) is 15.0 Å². The third-order valence-corrected chi connectivity index (χ3v) is 7.91. The van der Waals surface area contributed by atoms with Crippen molar-refractivity contribution in [2.24, 2.45) is 0 Å². The molecular formula is C31H31N3O5S. The molecule has 0 radical (unpaired) electrons. The molecule has 0 aliphatic rings. The van der Waals surface area contributed by atoms with E-state index in [2.05, 4.69) is 10.1 Å². The van der Waals surface area contributed by atoms with E-state index in [0.717, 1.165) is 21.7 Å². The number of nitrogens with zero attached hydrogens (tertiary/aromatic N) is 1. The Balaban J connectivity index is 1.66. The molecule has 0 saturated carbocycles. The molecule has 2 amide bonds. The zero-order chi connectivity index (χ0) is 28.9.